The van der Waals surface area contributed by atoms with E-state index in [1.54, 1.807) is 12.1 Å². The summed E-state index contributed by atoms with van der Waals surface area (Å²) in [6.45, 7) is 3.79. The predicted molar refractivity (Wildman–Crippen MR) is 140 cm³/mol. The van der Waals surface area contributed by atoms with Crippen LogP contribution in [0.25, 0.3) is 22.2 Å². The van der Waals surface area contributed by atoms with Crippen molar-refractivity contribution in [1.29, 1.82) is 0 Å². The Bertz CT molecular complexity index is 1430. The second-order valence-corrected chi connectivity index (χ2v) is 9.48. The van der Waals surface area contributed by atoms with E-state index in [9.17, 15) is 18.0 Å². The lowest BCUT2D eigenvalue weighted by Gasteiger charge is -2.19. The smallest absolute Gasteiger partial charge is 0.408 e. The Morgan fingerprint density at radius 3 is 2.66 bits per heavy atom. The topological polar surface area (TPSA) is 72.3 Å². The SMILES string of the molecule is Cc1ccc(OCCN(C)C)cc1C(=O)N[C@H](C)c1cc(-c2cnn(CC(F)(F)F)c2)nc2ccccc12. The number of carbonyl (C=O) groups is 1. The minimum absolute atomic E-state index is 0.256. The third-order valence-corrected chi connectivity index (χ3v) is 6.09. The fourth-order valence-electron chi connectivity index (χ4n) is 4.11. The Kier molecular flexibility index (Phi) is 8.01. The van der Waals surface area contributed by atoms with Crippen LogP contribution in [0.3, 0.4) is 0 Å². The van der Waals surface area contributed by atoms with Gasteiger partial charge in [0.25, 0.3) is 5.91 Å². The highest BCUT2D eigenvalue weighted by Gasteiger charge is 2.28. The van der Waals surface area contributed by atoms with Gasteiger partial charge in [-0.15, -0.1) is 0 Å². The first-order valence-electron chi connectivity index (χ1n) is 12.2. The van der Waals surface area contributed by atoms with Crippen LogP contribution in [0.4, 0.5) is 13.2 Å². The highest BCUT2D eigenvalue weighted by molar-refractivity contribution is 5.96. The van der Waals surface area contributed by atoms with Gasteiger partial charge in [-0.05, 0) is 63.3 Å². The van der Waals surface area contributed by atoms with Crippen LogP contribution >= 0.6 is 0 Å². The summed E-state index contributed by atoms with van der Waals surface area (Å²) < 4.78 is 45.1. The number of halogens is 3. The molecule has 0 fully saturated rings. The van der Waals surface area contributed by atoms with Gasteiger partial charge in [-0.25, -0.2) is 4.98 Å². The monoisotopic (exact) mass is 525 g/mol. The molecule has 4 aromatic rings. The van der Waals surface area contributed by atoms with Crippen molar-refractivity contribution < 1.29 is 22.7 Å². The van der Waals surface area contributed by atoms with Gasteiger partial charge in [0.1, 0.15) is 18.9 Å². The molecule has 1 amide bonds. The van der Waals surface area contributed by atoms with Gasteiger partial charge < -0.3 is 15.0 Å². The second-order valence-electron chi connectivity index (χ2n) is 9.48. The summed E-state index contributed by atoms with van der Waals surface area (Å²) in [5.41, 5.74) is 3.70. The highest BCUT2D eigenvalue weighted by atomic mass is 19.4. The number of ether oxygens (including phenoxy) is 1. The van der Waals surface area contributed by atoms with E-state index in [2.05, 4.69) is 15.4 Å². The van der Waals surface area contributed by atoms with Crippen LogP contribution < -0.4 is 10.1 Å². The van der Waals surface area contributed by atoms with Crippen molar-refractivity contribution in [3.63, 3.8) is 0 Å². The molecule has 1 atom stereocenters. The third-order valence-electron chi connectivity index (χ3n) is 6.09. The second kappa shape index (κ2) is 11.2. The molecule has 0 saturated carbocycles. The van der Waals surface area contributed by atoms with Crippen LogP contribution in [0.15, 0.2) is 60.9 Å². The average Bonchev–Trinajstić information content (AvgIpc) is 3.30. The Balaban J connectivity index is 1.60. The first-order valence-corrected chi connectivity index (χ1v) is 12.2. The molecular weight excluding hydrogens is 495 g/mol. The van der Waals surface area contributed by atoms with Crippen LogP contribution in [0, 0.1) is 6.92 Å². The normalized spacial score (nSPS) is 12.6. The molecule has 0 aliphatic rings. The number of nitrogens with zero attached hydrogens (tertiary/aromatic N) is 4. The number of aromatic nitrogens is 3. The Hall–Kier alpha value is -3.92. The van der Waals surface area contributed by atoms with Gasteiger partial charge in [0.2, 0.25) is 0 Å². The maximum absolute atomic E-state index is 13.3. The van der Waals surface area contributed by atoms with E-state index in [4.69, 9.17) is 4.74 Å². The van der Waals surface area contributed by atoms with Gasteiger partial charge in [-0.3, -0.25) is 9.48 Å². The lowest BCUT2D eigenvalue weighted by Crippen LogP contribution is -2.27. The van der Waals surface area contributed by atoms with Crippen molar-refractivity contribution in [2.75, 3.05) is 27.2 Å². The molecule has 7 nitrogen and oxygen atoms in total. The number of alkyl halides is 3. The van der Waals surface area contributed by atoms with E-state index in [0.717, 1.165) is 27.7 Å². The van der Waals surface area contributed by atoms with Crippen LogP contribution in [-0.4, -0.2) is 59.0 Å². The summed E-state index contributed by atoms with van der Waals surface area (Å²) >= 11 is 0. The summed E-state index contributed by atoms with van der Waals surface area (Å²) in [5, 5.41) is 7.74. The van der Waals surface area contributed by atoms with E-state index >= 15 is 0 Å². The fourth-order valence-corrected chi connectivity index (χ4v) is 4.11. The minimum atomic E-state index is -4.38. The zero-order chi connectivity index (χ0) is 27.4. The van der Waals surface area contributed by atoms with Gasteiger partial charge in [0.05, 0.1) is 23.4 Å². The zero-order valence-electron chi connectivity index (χ0n) is 21.7. The summed E-state index contributed by atoms with van der Waals surface area (Å²) in [6.07, 6.45) is -1.69. The maximum Gasteiger partial charge on any atom is 0.408 e. The molecule has 0 aliphatic heterocycles. The van der Waals surface area contributed by atoms with Crippen molar-refractivity contribution >= 4 is 16.8 Å². The molecule has 1 N–H and O–H groups in total. The molecule has 0 radical (unpaired) electrons. The molecule has 2 aromatic heterocycles. The van der Waals surface area contributed by atoms with Gasteiger partial charge in [-0.2, -0.15) is 18.3 Å². The summed E-state index contributed by atoms with van der Waals surface area (Å²) in [7, 11) is 3.92. The molecule has 0 aliphatic carbocycles. The lowest BCUT2D eigenvalue weighted by atomic mass is 9.99. The summed E-state index contributed by atoms with van der Waals surface area (Å²) in [4.78, 5) is 19.9. The minimum Gasteiger partial charge on any atom is -0.492 e. The summed E-state index contributed by atoms with van der Waals surface area (Å²) in [5.74, 6) is 0.358. The number of aryl methyl sites for hydroxylation is 1. The number of rotatable bonds is 9. The van der Waals surface area contributed by atoms with E-state index in [0.29, 0.717) is 34.7 Å². The largest absolute Gasteiger partial charge is 0.492 e. The number of amides is 1. The molecule has 38 heavy (non-hydrogen) atoms. The average molecular weight is 526 g/mol. The molecule has 200 valence electrons. The van der Waals surface area contributed by atoms with Crippen LogP contribution in [-0.2, 0) is 6.54 Å². The summed E-state index contributed by atoms with van der Waals surface area (Å²) in [6, 6.07) is 14.2. The van der Waals surface area contributed by atoms with Crippen LogP contribution in [0.5, 0.6) is 5.75 Å². The van der Waals surface area contributed by atoms with Gasteiger partial charge in [0, 0.05) is 29.3 Å². The van der Waals surface area contributed by atoms with Gasteiger partial charge >= 0.3 is 6.18 Å². The molecule has 0 saturated heterocycles. The first kappa shape index (κ1) is 27.1. The number of benzene rings is 2. The number of hydrogen-bond donors (Lipinski definition) is 1. The Morgan fingerprint density at radius 1 is 1.16 bits per heavy atom. The van der Waals surface area contributed by atoms with E-state index in [1.165, 1.54) is 12.4 Å². The number of hydrogen-bond acceptors (Lipinski definition) is 5. The molecule has 0 unspecified atom stereocenters. The Morgan fingerprint density at radius 2 is 1.92 bits per heavy atom. The quantitative estimate of drug-likeness (QED) is 0.317. The molecular formula is C28H30F3N5O2. The molecule has 0 bridgehead atoms. The van der Waals surface area contributed by atoms with E-state index in [-0.39, 0.29) is 5.91 Å². The molecule has 2 heterocycles. The maximum atomic E-state index is 13.3. The zero-order valence-corrected chi connectivity index (χ0v) is 21.7. The number of pyridine rings is 1. The molecule has 0 spiro atoms. The number of nitrogens with one attached hydrogen (secondary N) is 1. The number of para-hydroxylation sites is 1. The van der Waals surface area contributed by atoms with Gasteiger partial charge in [0.15, 0.2) is 0 Å². The van der Waals surface area contributed by atoms with Crippen molar-refractivity contribution in [2.45, 2.75) is 32.6 Å². The highest BCUT2D eigenvalue weighted by Crippen LogP contribution is 2.29. The van der Waals surface area contributed by atoms with Crippen molar-refractivity contribution in [3.05, 3.63) is 77.6 Å². The number of carbonyl (C=O) groups excluding carboxylic acids is 1. The third kappa shape index (κ3) is 6.69. The molecule has 4 rings (SSSR count). The van der Waals surface area contributed by atoms with Crippen LogP contribution in [0.2, 0.25) is 0 Å². The van der Waals surface area contributed by atoms with Gasteiger partial charge in [-0.1, -0.05) is 24.3 Å². The number of likely N-dealkylation sites (N-methyl/N-ethyl adjacent to an activating group) is 1. The van der Waals surface area contributed by atoms with Crippen LogP contribution in [0.1, 0.15) is 34.5 Å². The van der Waals surface area contributed by atoms with Crippen molar-refractivity contribution in [2.24, 2.45) is 0 Å². The molecule has 2 aromatic carbocycles. The number of fused-ring (bicyclic) bond motifs is 1. The van der Waals surface area contributed by atoms with Crippen molar-refractivity contribution in [1.82, 2.24) is 25.0 Å². The fraction of sp³-hybridized carbons (Fsp3) is 0.321. The Labute approximate surface area is 219 Å². The first-order chi connectivity index (χ1) is 18.0. The predicted octanol–water partition coefficient (Wildman–Crippen LogP) is 5.40. The lowest BCUT2D eigenvalue weighted by molar-refractivity contribution is -0.142. The molecule has 10 heteroatoms. The van der Waals surface area contributed by atoms with E-state index in [1.807, 2.05) is 69.2 Å². The standard InChI is InChI=1S/C28H30F3N5O2/c1-18-9-10-21(38-12-11-35(3)4)13-23(18)27(37)33-19(2)24-14-26(34-25-8-6-5-7-22(24)25)20-15-32-36(16-20)17-28(29,30)31/h5-10,13-16,19H,11-12,17H2,1-4H3,(H,33,37)/t19-/m1/s1. The van der Waals surface area contributed by atoms with Crippen molar-refractivity contribution in [3.8, 4) is 17.0 Å². The van der Waals surface area contributed by atoms with E-state index < -0.39 is 18.8 Å².